The van der Waals surface area contributed by atoms with Crippen LogP contribution in [-0.2, 0) is 14.4 Å². The molecule has 1 aliphatic heterocycles. The number of benzene rings is 2. The first-order chi connectivity index (χ1) is 18.6. The van der Waals surface area contributed by atoms with Crippen molar-refractivity contribution in [1.29, 1.82) is 0 Å². The van der Waals surface area contributed by atoms with Crippen LogP contribution in [0.2, 0.25) is 0 Å². The molecule has 0 saturated heterocycles. The third-order valence-electron chi connectivity index (χ3n) is 6.69. The van der Waals surface area contributed by atoms with Crippen molar-refractivity contribution < 1.29 is 29.1 Å². The molecule has 0 spiro atoms. The third-order valence-corrected chi connectivity index (χ3v) is 7.34. The molecule has 0 fully saturated rings. The molecule has 0 saturated carbocycles. The quantitative estimate of drug-likeness (QED) is 0.259. The Bertz CT molecular complexity index is 1200. The summed E-state index contributed by atoms with van der Waals surface area (Å²) in [5.41, 5.74) is 0.585. The summed E-state index contributed by atoms with van der Waals surface area (Å²) < 4.78 is 0. The molecule has 0 aliphatic carbocycles. The molecule has 1 heterocycles. The molecule has 210 valence electrons. The molecule has 3 rings (SSSR count). The number of carboxylic acid groups (broad SMARTS) is 1. The number of nitrogens with zero attached hydrogens (tertiary/aromatic N) is 1. The summed E-state index contributed by atoms with van der Waals surface area (Å²) in [4.78, 5) is 64.8. The topological polar surface area (TPSA) is 145 Å². The monoisotopic (exact) mass is 556 g/mol. The minimum atomic E-state index is -1.20. The Hall–Kier alpha value is -3.44. The van der Waals surface area contributed by atoms with Crippen LogP contribution in [0.3, 0.4) is 0 Å². The minimum absolute atomic E-state index is 0.0534. The van der Waals surface area contributed by atoms with Gasteiger partial charge in [0, 0.05) is 13.6 Å². The number of carboxylic acids is 1. The molecule has 4 N–H and O–H groups in total. The van der Waals surface area contributed by atoms with Crippen LogP contribution in [0, 0.1) is 5.92 Å². The van der Waals surface area contributed by atoms with Gasteiger partial charge in [0.05, 0.1) is 17.2 Å². The fraction of sp³-hybridized carbons (Fsp3) is 0.464. The van der Waals surface area contributed by atoms with E-state index in [1.165, 1.54) is 7.05 Å². The molecule has 3 atom stereocenters. The Morgan fingerprint density at radius 3 is 2.00 bits per heavy atom. The second-order valence-electron chi connectivity index (χ2n) is 9.99. The lowest BCUT2D eigenvalue weighted by Gasteiger charge is -2.27. The van der Waals surface area contributed by atoms with E-state index in [4.69, 9.17) is 0 Å². The first-order valence-corrected chi connectivity index (χ1v) is 14.4. The first kappa shape index (κ1) is 30.1. The highest BCUT2D eigenvalue weighted by Gasteiger charge is 2.37. The highest BCUT2D eigenvalue weighted by Crippen LogP contribution is 2.28. The fourth-order valence-corrected chi connectivity index (χ4v) is 5.10. The number of aliphatic carboxylic acids is 1. The van der Waals surface area contributed by atoms with Crippen molar-refractivity contribution in [3.63, 3.8) is 0 Å². The van der Waals surface area contributed by atoms with Crippen LogP contribution in [0.15, 0.2) is 36.4 Å². The van der Waals surface area contributed by atoms with Gasteiger partial charge in [0.15, 0.2) is 0 Å². The number of hydrogen-bond donors (Lipinski definition) is 4. The van der Waals surface area contributed by atoms with E-state index in [9.17, 15) is 29.1 Å². The van der Waals surface area contributed by atoms with Gasteiger partial charge in [-0.2, -0.15) is 11.8 Å². The first-order valence-electron chi connectivity index (χ1n) is 13.0. The Morgan fingerprint density at radius 1 is 0.923 bits per heavy atom. The molecule has 10 nitrogen and oxygen atoms in total. The molecule has 11 heteroatoms. The van der Waals surface area contributed by atoms with E-state index < -0.39 is 41.8 Å². The van der Waals surface area contributed by atoms with Crippen molar-refractivity contribution in [3.8, 4) is 0 Å². The van der Waals surface area contributed by atoms with Gasteiger partial charge in [-0.3, -0.25) is 34.2 Å². The minimum Gasteiger partial charge on any atom is -0.480 e. The van der Waals surface area contributed by atoms with E-state index in [1.807, 2.05) is 44.4 Å². The van der Waals surface area contributed by atoms with Gasteiger partial charge in [0.2, 0.25) is 11.8 Å². The predicted molar refractivity (Wildman–Crippen MR) is 151 cm³/mol. The molecular weight excluding hydrogens is 520 g/mol. The highest BCUT2D eigenvalue weighted by atomic mass is 32.2. The van der Waals surface area contributed by atoms with E-state index in [2.05, 4.69) is 16.0 Å². The number of imide groups is 1. The molecule has 0 aromatic heterocycles. The normalized spacial score (nSPS) is 15.3. The number of fused-ring (bicyclic) bond motifs is 2. The molecule has 39 heavy (non-hydrogen) atoms. The predicted octanol–water partition coefficient (Wildman–Crippen LogP) is 2.27. The molecule has 0 radical (unpaired) electrons. The number of carbonyl (C=O) groups excluding carboxylic acids is 4. The number of amides is 4. The van der Waals surface area contributed by atoms with Crippen molar-refractivity contribution in [3.05, 3.63) is 47.5 Å². The lowest BCUT2D eigenvalue weighted by atomic mass is 10.0. The second kappa shape index (κ2) is 13.6. The number of carbonyl (C=O) groups is 5. The maximum atomic E-state index is 13.2. The maximum Gasteiger partial charge on any atom is 0.320 e. The molecule has 1 unspecified atom stereocenters. The molecule has 2 aromatic carbocycles. The summed E-state index contributed by atoms with van der Waals surface area (Å²) in [6.07, 6.45) is 2.57. The van der Waals surface area contributed by atoms with Crippen LogP contribution < -0.4 is 16.0 Å². The smallest absolute Gasteiger partial charge is 0.320 e. The largest absolute Gasteiger partial charge is 0.480 e. The van der Waals surface area contributed by atoms with Gasteiger partial charge in [0.25, 0.3) is 11.8 Å². The molecule has 1 aliphatic rings. The zero-order chi connectivity index (χ0) is 28.7. The Balaban J connectivity index is 1.73. The summed E-state index contributed by atoms with van der Waals surface area (Å²) in [5, 5.41) is 19.8. The summed E-state index contributed by atoms with van der Waals surface area (Å²) in [6.45, 7) is 3.69. The van der Waals surface area contributed by atoms with Gasteiger partial charge in [0.1, 0.15) is 12.1 Å². The Labute approximate surface area is 232 Å². The fourth-order valence-electron chi connectivity index (χ4n) is 4.63. The van der Waals surface area contributed by atoms with E-state index in [-0.39, 0.29) is 24.8 Å². The molecule has 0 bridgehead atoms. The lowest BCUT2D eigenvalue weighted by Crippen LogP contribution is -2.56. The summed E-state index contributed by atoms with van der Waals surface area (Å²) >= 11 is 1.55. The van der Waals surface area contributed by atoms with E-state index >= 15 is 0 Å². The number of likely N-dealkylation sites (N-methyl/N-ethyl adjacent to an activating group) is 1. The number of hydrogen-bond acceptors (Lipinski definition) is 7. The van der Waals surface area contributed by atoms with E-state index in [1.54, 1.807) is 23.9 Å². The van der Waals surface area contributed by atoms with Crippen molar-refractivity contribution in [2.24, 2.45) is 5.92 Å². The standard InChI is InChI=1S/C28H36N4O6S/c1-16(2)13-23(25(34)31-21(10-12-39-4)24(33)29-3)30-22(28(37)38)9-11-32-26(35)19-14-17-7-5-6-8-18(17)15-20(19)27(32)36/h5-8,14-16,21-23,30H,9-13H2,1-4H3,(H,29,33)(H,31,34)(H,37,38)/t21-,22?,23-/m0/s1. The van der Waals surface area contributed by atoms with Crippen LogP contribution in [0.25, 0.3) is 10.8 Å². The van der Waals surface area contributed by atoms with Crippen molar-refractivity contribution >= 4 is 52.1 Å². The van der Waals surface area contributed by atoms with Gasteiger partial charge in [-0.15, -0.1) is 0 Å². The average Bonchev–Trinajstić information content (AvgIpc) is 3.14. The summed E-state index contributed by atoms with van der Waals surface area (Å²) in [7, 11) is 1.49. The molecule has 2 aromatic rings. The second-order valence-corrected chi connectivity index (χ2v) is 11.0. The van der Waals surface area contributed by atoms with E-state index in [0.717, 1.165) is 15.7 Å². The molecular formula is C28H36N4O6S. The van der Waals surface area contributed by atoms with Crippen LogP contribution in [-0.4, -0.2) is 83.3 Å². The lowest BCUT2D eigenvalue weighted by molar-refractivity contribution is -0.140. The van der Waals surface area contributed by atoms with Gasteiger partial charge in [-0.1, -0.05) is 38.1 Å². The van der Waals surface area contributed by atoms with Crippen molar-refractivity contribution in [2.45, 2.75) is 51.2 Å². The summed E-state index contributed by atoms with van der Waals surface area (Å²) in [5.74, 6) is -2.23. The number of rotatable bonds is 14. The Morgan fingerprint density at radius 2 is 1.51 bits per heavy atom. The number of nitrogens with one attached hydrogen (secondary N) is 3. The SMILES string of the molecule is CNC(=O)[C@H](CCSC)NC(=O)[C@H](CC(C)C)NC(CCN1C(=O)c2cc3ccccc3cc2C1=O)C(=O)O. The highest BCUT2D eigenvalue weighted by molar-refractivity contribution is 7.98. The Kier molecular flexibility index (Phi) is 10.5. The summed E-state index contributed by atoms with van der Waals surface area (Å²) in [6, 6.07) is 7.94. The maximum absolute atomic E-state index is 13.2. The van der Waals surface area contributed by atoms with E-state index in [0.29, 0.717) is 29.7 Å². The zero-order valence-corrected chi connectivity index (χ0v) is 23.5. The molecule has 4 amide bonds. The average molecular weight is 557 g/mol. The van der Waals surface area contributed by atoms with Crippen LogP contribution in [0.1, 0.15) is 53.8 Å². The van der Waals surface area contributed by atoms with Crippen LogP contribution in [0.5, 0.6) is 0 Å². The van der Waals surface area contributed by atoms with Gasteiger partial charge in [-0.25, -0.2) is 0 Å². The van der Waals surface area contributed by atoms with Gasteiger partial charge in [-0.05, 0) is 60.1 Å². The van der Waals surface area contributed by atoms with Gasteiger partial charge < -0.3 is 15.7 Å². The zero-order valence-electron chi connectivity index (χ0n) is 22.7. The third kappa shape index (κ3) is 7.36. The van der Waals surface area contributed by atoms with Crippen molar-refractivity contribution in [1.82, 2.24) is 20.9 Å². The number of thioether (sulfide) groups is 1. The van der Waals surface area contributed by atoms with Gasteiger partial charge >= 0.3 is 5.97 Å². The van der Waals surface area contributed by atoms with Crippen LogP contribution in [0.4, 0.5) is 0 Å². The van der Waals surface area contributed by atoms with Crippen molar-refractivity contribution in [2.75, 3.05) is 25.6 Å². The van der Waals surface area contributed by atoms with Crippen LogP contribution >= 0.6 is 11.8 Å².